The number of amides is 1. The van der Waals surface area contributed by atoms with Crippen molar-refractivity contribution in [2.45, 2.75) is 0 Å². The van der Waals surface area contributed by atoms with E-state index < -0.39 is 23.2 Å². The summed E-state index contributed by atoms with van der Waals surface area (Å²) in [6, 6.07) is 10.8. The van der Waals surface area contributed by atoms with Gasteiger partial charge in [-0.2, -0.15) is 5.10 Å². The molecule has 0 saturated heterocycles. The Morgan fingerprint density at radius 2 is 1.71 bits per heavy atom. The molecule has 0 aliphatic heterocycles. The first-order valence-corrected chi connectivity index (χ1v) is 6.17. The summed E-state index contributed by atoms with van der Waals surface area (Å²) in [5.41, 5.74) is 0.444. The van der Waals surface area contributed by atoms with Gasteiger partial charge in [-0.25, -0.2) is 0 Å². The van der Waals surface area contributed by atoms with Crippen LogP contribution in [-0.4, -0.2) is 32.0 Å². The standard InChI is InChI=1S/C14H11ClN2O4/c15-17(14(21)9-4-2-1-3-5-9)16-8-10-6-7-11(18)13(20)12(10)19/h1-8,18-20H. The Morgan fingerprint density at radius 3 is 2.38 bits per heavy atom. The van der Waals surface area contributed by atoms with Crippen LogP contribution in [0.4, 0.5) is 0 Å². The average Bonchev–Trinajstić information content (AvgIpc) is 2.52. The number of benzene rings is 2. The summed E-state index contributed by atoms with van der Waals surface area (Å²) < 4.78 is 0.582. The Balaban J connectivity index is 2.18. The van der Waals surface area contributed by atoms with Crippen LogP contribution in [0.2, 0.25) is 0 Å². The second-order valence-corrected chi connectivity index (χ2v) is 4.37. The van der Waals surface area contributed by atoms with E-state index in [4.69, 9.17) is 11.8 Å². The van der Waals surface area contributed by atoms with Crippen LogP contribution in [0, 0.1) is 0 Å². The van der Waals surface area contributed by atoms with Gasteiger partial charge < -0.3 is 15.3 Å². The number of phenols is 3. The number of aromatic hydroxyl groups is 3. The normalized spacial score (nSPS) is 10.7. The second-order valence-electron chi connectivity index (χ2n) is 4.05. The summed E-state index contributed by atoms with van der Waals surface area (Å²) in [7, 11) is 0. The van der Waals surface area contributed by atoms with Crippen LogP contribution in [0.15, 0.2) is 47.6 Å². The van der Waals surface area contributed by atoms with Gasteiger partial charge >= 0.3 is 0 Å². The first kappa shape index (κ1) is 14.7. The second kappa shape index (κ2) is 6.15. The highest BCUT2D eigenvalue weighted by Crippen LogP contribution is 2.36. The molecule has 1 amide bonds. The van der Waals surface area contributed by atoms with Gasteiger partial charge in [0.15, 0.2) is 11.5 Å². The van der Waals surface area contributed by atoms with E-state index in [2.05, 4.69) is 5.10 Å². The Bertz CT molecular complexity index is 689. The SMILES string of the molecule is O=C(c1ccccc1)N(Cl)N=Cc1ccc(O)c(O)c1O. The number of phenolic OH excluding ortho intramolecular Hbond substituents is 3. The number of carbonyl (C=O) groups excluding carboxylic acids is 1. The lowest BCUT2D eigenvalue weighted by atomic mass is 10.2. The Hall–Kier alpha value is -2.73. The summed E-state index contributed by atoms with van der Waals surface area (Å²) in [4.78, 5) is 11.9. The van der Waals surface area contributed by atoms with Gasteiger partial charge in [-0.3, -0.25) is 4.79 Å². The quantitative estimate of drug-likeness (QED) is 0.351. The molecule has 0 unspecified atom stereocenters. The highest BCUT2D eigenvalue weighted by Gasteiger charge is 2.13. The lowest BCUT2D eigenvalue weighted by molar-refractivity contribution is 0.0867. The van der Waals surface area contributed by atoms with Gasteiger partial charge in [-0.1, -0.05) is 18.2 Å². The maximum Gasteiger partial charge on any atom is 0.289 e. The molecule has 2 aromatic carbocycles. The predicted octanol–water partition coefficient (Wildman–Crippen LogP) is 2.43. The lowest BCUT2D eigenvalue weighted by Crippen LogP contribution is -2.15. The highest BCUT2D eigenvalue weighted by molar-refractivity contribution is 6.24. The Kier molecular flexibility index (Phi) is 4.30. The van der Waals surface area contributed by atoms with Crippen molar-refractivity contribution in [3.05, 3.63) is 53.6 Å². The average molecular weight is 307 g/mol. The van der Waals surface area contributed by atoms with Crippen molar-refractivity contribution in [2.24, 2.45) is 5.10 Å². The lowest BCUT2D eigenvalue weighted by Gasteiger charge is -2.08. The van der Waals surface area contributed by atoms with Crippen molar-refractivity contribution in [1.29, 1.82) is 0 Å². The molecule has 2 aromatic rings. The molecule has 0 aliphatic rings. The molecule has 7 heteroatoms. The Labute approximate surface area is 125 Å². The van der Waals surface area contributed by atoms with Crippen LogP contribution in [0.1, 0.15) is 15.9 Å². The molecule has 0 heterocycles. The molecule has 2 rings (SSSR count). The summed E-state index contributed by atoms with van der Waals surface area (Å²) in [6.07, 6.45) is 1.09. The number of hydrogen-bond donors (Lipinski definition) is 3. The maximum atomic E-state index is 11.9. The number of nitrogens with zero attached hydrogens (tertiary/aromatic N) is 2. The summed E-state index contributed by atoms with van der Waals surface area (Å²) in [5.74, 6) is -2.24. The van der Waals surface area contributed by atoms with Crippen molar-refractivity contribution < 1.29 is 20.1 Å². The highest BCUT2D eigenvalue weighted by atomic mass is 35.5. The van der Waals surface area contributed by atoms with Gasteiger partial charge in [-0.05, 0) is 24.3 Å². The monoisotopic (exact) mass is 306 g/mol. The van der Waals surface area contributed by atoms with E-state index in [1.54, 1.807) is 30.3 Å². The molecule has 3 N–H and O–H groups in total. The fraction of sp³-hybridized carbons (Fsp3) is 0. The van der Waals surface area contributed by atoms with Crippen LogP contribution >= 0.6 is 11.8 Å². The topological polar surface area (TPSA) is 93.4 Å². The van der Waals surface area contributed by atoms with E-state index in [1.807, 2.05) is 0 Å². The number of halogens is 1. The van der Waals surface area contributed by atoms with E-state index in [9.17, 15) is 20.1 Å². The van der Waals surface area contributed by atoms with Gasteiger partial charge in [0.2, 0.25) is 5.75 Å². The molecule has 0 radical (unpaired) electrons. The van der Waals surface area contributed by atoms with Gasteiger partial charge in [-0.15, -0.1) is 4.53 Å². The summed E-state index contributed by atoms with van der Waals surface area (Å²) in [6.45, 7) is 0. The van der Waals surface area contributed by atoms with Crippen molar-refractivity contribution in [2.75, 3.05) is 0 Å². The maximum absolute atomic E-state index is 11.9. The van der Waals surface area contributed by atoms with Crippen molar-refractivity contribution in [1.82, 2.24) is 4.53 Å². The van der Waals surface area contributed by atoms with Crippen LogP contribution in [-0.2, 0) is 0 Å². The third-order valence-corrected chi connectivity index (χ3v) is 2.89. The van der Waals surface area contributed by atoms with Gasteiger partial charge in [0.05, 0.1) is 6.21 Å². The zero-order valence-electron chi connectivity index (χ0n) is 10.6. The molecule has 0 fully saturated rings. The minimum absolute atomic E-state index is 0.0943. The molecule has 0 atom stereocenters. The smallest absolute Gasteiger partial charge is 0.289 e. The van der Waals surface area contributed by atoms with Gasteiger partial charge in [0, 0.05) is 22.9 Å². The molecule has 0 spiro atoms. The van der Waals surface area contributed by atoms with Crippen LogP contribution in [0.5, 0.6) is 17.2 Å². The molecule has 21 heavy (non-hydrogen) atoms. The van der Waals surface area contributed by atoms with E-state index in [0.717, 1.165) is 6.21 Å². The van der Waals surface area contributed by atoms with Crippen LogP contribution in [0.3, 0.4) is 0 Å². The first-order valence-electron chi connectivity index (χ1n) is 5.84. The summed E-state index contributed by atoms with van der Waals surface area (Å²) in [5, 5.41) is 31.8. The summed E-state index contributed by atoms with van der Waals surface area (Å²) >= 11 is 5.73. The molecule has 0 aliphatic carbocycles. The minimum Gasteiger partial charge on any atom is -0.504 e. The first-order chi connectivity index (χ1) is 10.0. The number of hydrogen-bond acceptors (Lipinski definition) is 5. The van der Waals surface area contributed by atoms with Crippen molar-refractivity contribution in [3.8, 4) is 17.2 Å². The third kappa shape index (κ3) is 3.24. The van der Waals surface area contributed by atoms with E-state index >= 15 is 0 Å². The predicted molar refractivity (Wildman–Crippen MR) is 77.5 cm³/mol. The van der Waals surface area contributed by atoms with Crippen LogP contribution in [0.25, 0.3) is 0 Å². The fourth-order valence-corrected chi connectivity index (χ4v) is 1.68. The molecular weight excluding hydrogens is 296 g/mol. The molecule has 0 bridgehead atoms. The van der Waals surface area contributed by atoms with E-state index in [-0.39, 0.29) is 5.56 Å². The molecule has 0 saturated carbocycles. The third-order valence-electron chi connectivity index (χ3n) is 2.65. The van der Waals surface area contributed by atoms with Crippen LogP contribution < -0.4 is 0 Å². The number of hydrazone groups is 1. The fourth-order valence-electron chi connectivity index (χ4n) is 1.54. The Morgan fingerprint density at radius 1 is 1.05 bits per heavy atom. The van der Waals surface area contributed by atoms with E-state index in [0.29, 0.717) is 10.1 Å². The number of carbonyl (C=O) groups is 1. The largest absolute Gasteiger partial charge is 0.504 e. The van der Waals surface area contributed by atoms with Gasteiger partial charge in [0.1, 0.15) is 0 Å². The van der Waals surface area contributed by atoms with Gasteiger partial charge in [0.25, 0.3) is 5.91 Å². The van der Waals surface area contributed by atoms with Crippen molar-refractivity contribution in [3.63, 3.8) is 0 Å². The van der Waals surface area contributed by atoms with E-state index in [1.165, 1.54) is 12.1 Å². The van der Waals surface area contributed by atoms with Crippen molar-refractivity contribution >= 4 is 23.9 Å². The zero-order chi connectivity index (χ0) is 15.4. The molecular formula is C14H11ClN2O4. The number of rotatable bonds is 3. The zero-order valence-corrected chi connectivity index (χ0v) is 11.4. The molecule has 0 aromatic heterocycles. The molecule has 6 nitrogen and oxygen atoms in total. The minimum atomic E-state index is -0.672. The molecule has 108 valence electrons.